The maximum Gasteiger partial charge on any atom is 0.223 e. The Morgan fingerprint density at radius 3 is 2.41 bits per heavy atom. The number of piperidine rings is 2. The highest BCUT2D eigenvalue weighted by Gasteiger charge is 2.33. The van der Waals surface area contributed by atoms with Crippen molar-refractivity contribution in [3.63, 3.8) is 0 Å². The Hall–Kier alpha value is -2.15. The molecule has 2 aromatic rings. The zero-order valence-corrected chi connectivity index (χ0v) is 15.8. The molecule has 0 saturated carbocycles. The largest absolute Gasteiger partial charge is 0.451 e. The fourth-order valence-corrected chi connectivity index (χ4v) is 4.64. The van der Waals surface area contributed by atoms with Gasteiger partial charge in [0.15, 0.2) is 12.8 Å². The van der Waals surface area contributed by atoms with Crippen LogP contribution in [0.15, 0.2) is 34.1 Å². The van der Waals surface area contributed by atoms with Crippen molar-refractivity contribution in [2.45, 2.75) is 64.1 Å². The first-order valence-electron chi connectivity index (χ1n) is 10.1. The van der Waals surface area contributed by atoms with Crippen LogP contribution in [0.25, 0.3) is 0 Å². The van der Waals surface area contributed by atoms with E-state index in [0.29, 0.717) is 31.5 Å². The zero-order valence-electron chi connectivity index (χ0n) is 15.8. The van der Waals surface area contributed by atoms with Crippen molar-refractivity contribution in [3.8, 4) is 0 Å². The molecule has 0 radical (unpaired) electrons. The molecule has 1 amide bonds. The second kappa shape index (κ2) is 8.69. The predicted octanol–water partition coefficient (Wildman–Crippen LogP) is 3.24. The molecule has 4 rings (SSSR count). The van der Waals surface area contributed by atoms with E-state index in [4.69, 9.17) is 8.83 Å². The van der Waals surface area contributed by atoms with Gasteiger partial charge in [0, 0.05) is 12.5 Å². The van der Waals surface area contributed by atoms with Crippen molar-refractivity contribution in [2.24, 2.45) is 5.92 Å². The van der Waals surface area contributed by atoms with E-state index in [0.717, 1.165) is 17.8 Å². The zero-order chi connectivity index (χ0) is 18.5. The quantitative estimate of drug-likeness (QED) is 0.743. The van der Waals surface area contributed by atoms with Gasteiger partial charge in [-0.15, -0.1) is 0 Å². The number of hydrogen-bond donors (Lipinski definition) is 0. The summed E-state index contributed by atoms with van der Waals surface area (Å²) < 4.78 is 10.1. The van der Waals surface area contributed by atoms with Crippen molar-refractivity contribution < 1.29 is 13.6 Å². The summed E-state index contributed by atoms with van der Waals surface area (Å²) in [5, 5.41) is 0. The van der Waals surface area contributed by atoms with Gasteiger partial charge in [-0.1, -0.05) is 6.42 Å². The highest BCUT2D eigenvalue weighted by Crippen LogP contribution is 2.33. The lowest BCUT2D eigenvalue weighted by Gasteiger charge is -2.44. The van der Waals surface area contributed by atoms with Crippen LogP contribution < -0.4 is 0 Å². The van der Waals surface area contributed by atoms with Gasteiger partial charge in [0.1, 0.15) is 12.5 Å². The van der Waals surface area contributed by atoms with E-state index < -0.39 is 0 Å². The lowest BCUT2D eigenvalue weighted by atomic mass is 9.81. The van der Waals surface area contributed by atoms with Crippen molar-refractivity contribution >= 4 is 5.91 Å². The number of hydrogen-bond acceptors (Lipinski definition) is 6. The Bertz CT molecular complexity index is 663. The van der Waals surface area contributed by atoms with E-state index in [9.17, 15) is 4.79 Å². The molecular formula is C20H28N4O3. The molecule has 7 heteroatoms. The lowest BCUT2D eigenvalue weighted by Crippen LogP contribution is -2.48. The molecule has 0 bridgehead atoms. The molecule has 0 N–H and O–H groups in total. The number of nitrogens with zero attached hydrogens (tertiary/aromatic N) is 4. The molecule has 2 fully saturated rings. The third-order valence-electron chi connectivity index (χ3n) is 5.98. The monoisotopic (exact) mass is 372 g/mol. The number of aromatic nitrogens is 2. The summed E-state index contributed by atoms with van der Waals surface area (Å²) in [6, 6.07) is 0.680. The molecule has 2 aliphatic rings. The molecule has 0 aromatic carbocycles. The van der Waals surface area contributed by atoms with E-state index in [1.807, 2.05) is 0 Å². The van der Waals surface area contributed by atoms with E-state index in [1.165, 1.54) is 58.0 Å². The van der Waals surface area contributed by atoms with Crippen molar-refractivity contribution in [1.82, 2.24) is 19.8 Å². The first-order chi connectivity index (χ1) is 13.3. The molecule has 2 aromatic heterocycles. The Balaban J connectivity index is 1.37. The first kappa shape index (κ1) is 18.2. The number of fused-ring (bicyclic) bond motifs is 1. The normalized spacial score (nSPS) is 23.1. The van der Waals surface area contributed by atoms with Crippen molar-refractivity contribution in [2.75, 3.05) is 13.1 Å². The number of oxazole rings is 2. The average molecular weight is 372 g/mol. The molecule has 4 heterocycles. The number of rotatable bonds is 7. The minimum atomic E-state index is 0.147. The highest BCUT2D eigenvalue weighted by molar-refractivity contribution is 5.76. The molecule has 2 saturated heterocycles. The van der Waals surface area contributed by atoms with Gasteiger partial charge in [0.25, 0.3) is 0 Å². The van der Waals surface area contributed by atoms with Crippen molar-refractivity contribution in [1.29, 1.82) is 0 Å². The topological polar surface area (TPSA) is 75.6 Å². The molecule has 0 aliphatic carbocycles. The van der Waals surface area contributed by atoms with Gasteiger partial charge in [-0.3, -0.25) is 4.79 Å². The Kier molecular flexibility index (Phi) is 5.87. The molecule has 27 heavy (non-hydrogen) atoms. The Labute approximate surface area is 159 Å². The fraction of sp³-hybridized carbons (Fsp3) is 0.650. The van der Waals surface area contributed by atoms with Gasteiger partial charge in [-0.05, 0) is 51.1 Å². The molecule has 2 aliphatic heterocycles. The van der Waals surface area contributed by atoms with E-state index in [-0.39, 0.29) is 5.91 Å². The summed E-state index contributed by atoms with van der Waals surface area (Å²) in [4.78, 5) is 25.8. The second-order valence-electron chi connectivity index (χ2n) is 7.75. The first-order valence-corrected chi connectivity index (χ1v) is 10.1. The SMILES string of the molecule is O=C(CC[C@@H]1CCCN2CCCC[C@H]12)N(Cc1cocn1)Cc1cocn1. The maximum absolute atomic E-state index is 13.0. The second-order valence-corrected chi connectivity index (χ2v) is 7.75. The summed E-state index contributed by atoms with van der Waals surface area (Å²) in [5.74, 6) is 0.790. The van der Waals surface area contributed by atoms with Crippen LogP contribution in [0, 0.1) is 5.92 Å². The minimum Gasteiger partial charge on any atom is -0.451 e. The summed E-state index contributed by atoms with van der Waals surface area (Å²) in [6.07, 6.45) is 14.0. The minimum absolute atomic E-state index is 0.147. The van der Waals surface area contributed by atoms with Crippen LogP contribution in [0.5, 0.6) is 0 Å². The molecule has 146 valence electrons. The predicted molar refractivity (Wildman–Crippen MR) is 98.4 cm³/mol. The highest BCUT2D eigenvalue weighted by atomic mass is 16.3. The molecule has 0 spiro atoms. The maximum atomic E-state index is 13.0. The van der Waals surface area contributed by atoms with Crippen LogP contribution in [0.4, 0.5) is 0 Å². The molecule has 0 unspecified atom stereocenters. The number of carbonyl (C=O) groups excluding carboxylic acids is 1. The Morgan fingerprint density at radius 1 is 1.04 bits per heavy atom. The van der Waals surface area contributed by atoms with Crippen LogP contribution in [0.3, 0.4) is 0 Å². The summed E-state index contributed by atoms with van der Waals surface area (Å²) in [6.45, 7) is 3.34. The summed E-state index contributed by atoms with van der Waals surface area (Å²) in [7, 11) is 0. The van der Waals surface area contributed by atoms with Gasteiger partial charge in [0.2, 0.25) is 5.91 Å². The van der Waals surface area contributed by atoms with Crippen molar-refractivity contribution in [3.05, 3.63) is 36.7 Å². The van der Waals surface area contributed by atoms with E-state index in [1.54, 1.807) is 17.4 Å². The van der Waals surface area contributed by atoms with Crippen LogP contribution in [0.2, 0.25) is 0 Å². The van der Waals surface area contributed by atoms with Crippen LogP contribution in [-0.4, -0.2) is 44.8 Å². The molecular weight excluding hydrogens is 344 g/mol. The van der Waals surface area contributed by atoms with Crippen LogP contribution in [-0.2, 0) is 17.9 Å². The van der Waals surface area contributed by atoms with Gasteiger partial charge in [0.05, 0.1) is 24.5 Å². The summed E-state index contributed by atoms with van der Waals surface area (Å²) >= 11 is 0. The number of amides is 1. The third-order valence-corrected chi connectivity index (χ3v) is 5.98. The standard InChI is InChI=1S/C20H28N4O3/c25-20(7-6-16-4-3-9-23-8-2-1-5-19(16)23)24(10-17-12-26-14-21-17)11-18-13-27-15-22-18/h12-16,19H,1-11H2/t16-,19+/m0/s1. The Morgan fingerprint density at radius 2 is 1.74 bits per heavy atom. The molecule has 7 nitrogen and oxygen atoms in total. The van der Waals surface area contributed by atoms with Gasteiger partial charge < -0.3 is 18.6 Å². The van der Waals surface area contributed by atoms with Gasteiger partial charge in [-0.2, -0.15) is 0 Å². The smallest absolute Gasteiger partial charge is 0.223 e. The third kappa shape index (κ3) is 4.58. The average Bonchev–Trinajstić information content (AvgIpc) is 3.40. The summed E-state index contributed by atoms with van der Waals surface area (Å²) in [5.41, 5.74) is 1.51. The van der Waals surface area contributed by atoms with E-state index in [2.05, 4.69) is 14.9 Å². The van der Waals surface area contributed by atoms with Crippen LogP contribution >= 0.6 is 0 Å². The molecule has 2 atom stereocenters. The fourth-order valence-electron chi connectivity index (χ4n) is 4.64. The van der Waals surface area contributed by atoms with E-state index >= 15 is 0 Å². The number of carbonyl (C=O) groups is 1. The van der Waals surface area contributed by atoms with Gasteiger partial charge >= 0.3 is 0 Å². The van der Waals surface area contributed by atoms with Crippen LogP contribution in [0.1, 0.15) is 56.3 Å². The lowest BCUT2D eigenvalue weighted by molar-refractivity contribution is -0.133. The van der Waals surface area contributed by atoms with Gasteiger partial charge in [-0.25, -0.2) is 9.97 Å².